The summed E-state index contributed by atoms with van der Waals surface area (Å²) >= 11 is 0. The van der Waals surface area contributed by atoms with Crippen molar-refractivity contribution in [2.45, 2.75) is 148 Å². The summed E-state index contributed by atoms with van der Waals surface area (Å²) in [5, 5.41) is 0.347. The number of methoxy groups -OCH3 is 1. The Bertz CT molecular complexity index is 1080. The second-order valence-corrected chi connectivity index (χ2v) is 30.5. The average Bonchev–Trinajstić information content (AvgIpc) is 2.82. The third kappa shape index (κ3) is 10.8. The predicted molar refractivity (Wildman–Crippen MR) is 190 cm³/mol. The number of hydrogen-bond acceptors (Lipinski definition) is 4. The van der Waals surface area contributed by atoms with E-state index in [2.05, 4.69) is 126 Å². The third-order valence-corrected chi connectivity index (χ3v) is 23.2. The van der Waals surface area contributed by atoms with Gasteiger partial charge < -0.3 is 18.0 Å². The topological polar surface area (TPSA) is 36.9 Å². The van der Waals surface area contributed by atoms with Gasteiger partial charge in [0.1, 0.15) is 11.9 Å². The van der Waals surface area contributed by atoms with Gasteiger partial charge in [-0.3, -0.25) is 0 Å². The molecule has 0 saturated carbocycles. The molecule has 0 bridgehead atoms. The number of rotatable bonds is 13. The van der Waals surface area contributed by atoms with E-state index in [0.717, 1.165) is 29.7 Å². The van der Waals surface area contributed by atoms with Crippen molar-refractivity contribution in [2.24, 2.45) is 0 Å². The van der Waals surface area contributed by atoms with E-state index in [9.17, 15) is 0 Å². The highest BCUT2D eigenvalue weighted by Crippen LogP contribution is 2.42. The van der Waals surface area contributed by atoms with Crippen molar-refractivity contribution < 1.29 is 18.0 Å². The lowest BCUT2D eigenvalue weighted by atomic mass is 9.98. The van der Waals surface area contributed by atoms with Crippen LogP contribution in [0.15, 0.2) is 30.9 Å². The number of allylic oxidation sites excluding steroid dienone is 1. The molecule has 1 aromatic rings. The molecule has 1 aromatic carbocycles. The van der Waals surface area contributed by atoms with Gasteiger partial charge in [-0.2, -0.15) is 0 Å². The van der Waals surface area contributed by atoms with Crippen molar-refractivity contribution in [1.82, 2.24) is 0 Å². The Morgan fingerprint density at radius 2 is 1.33 bits per heavy atom. The van der Waals surface area contributed by atoms with E-state index >= 15 is 0 Å². The number of hydrogen-bond donors (Lipinski definition) is 0. The fraction of sp³-hybridized carbons (Fsp3) is 0.714. The van der Waals surface area contributed by atoms with Gasteiger partial charge in [0, 0.05) is 12.0 Å². The standard InChI is InChI=1S/C35H64O4Si3/c1-18-22-29-30(24-21-26-31(29)36-11)32(39-42(16,17)35(8,9)10)25-20-19-23-28(38-41(14,15)34(5,6)7)27-37-40(12,13)33(2,3)4/h18,21,24,26,28,32H,1,19,22-23,27H2,2-17H3. The minimum Gasteiger partial charge on any atom is -0.496 e. The van der Waals surface area contributed by atoms with Gasteiger partial charge in [0.25, 0.3) is 0 Å². The fourth-order valence-electron chi connectivity index (χ4n) is 3.71. The lowest BCUT2D eigenvalue weighted by Crippen LogP contribution is -2.47. The molecule has 0 saturated heterocycles. The van der Waals surface area contributed by atoms with Crippen LogP contribution in [0.1, 0.15) is 92.4 Å². The normalized spacial score (nSPS) is 15.0. The van der Waals surface area contributed by atoms with Gasteiger partial charge in [-0.25, -0.2) is 0 Å². The molecule has 0 aromatic heterocycles. The summed E-state index contributed by atoms with van der Waals surface area (Å²) in [7, 11) is -4.28. The molecule has 0 amide bonds. The first-order chi connectivity index (χ1) is 18.9. The van der Waals surface area contributed by atoms with Gasteiger partial charge in [-0.15, -0.1) is 12.5 Å². The minimum atomic E-state index is -2.11. The van der Waals surface area contributed by atoms with Crippen LogP contribution in [0.5, 0.6) is 5.75 Å². The van der Waals surface area contributed by atoms with Gasteiger partial charge in [-0.05, 0) is 78.9 Å². The Morgan fingerprint density at radius 1 is 0.810 bits per heavy atom. The fourth-order valence-corrected chi connectivity index (χ4v) is 7.25. The van der Waals surface area contributed by atoms with E-state index in [4.69, 9.17) is 18.0 Å². The first-order valence-electron chi connectivity index (χ1n) is 15.6. The van der Waals surface area contributed by atoms with Crippen LogP contribution in [-0.4, -0.2) is 44.8 Å². The maximum Gasteiger partial charge on any atom is 0.194 e. The van der Waals surface area contributed by atoms with Crippen LogP contribution in [-0.2, 0) is 19.7 Å². The van der Waals surface area contributed by atoms with Gasteiger partial charge in [0.05, 0.1) is 19.8 Å². The van der Waals surface area contributed by atoms with E-state index < -0.39 is 25.0 Å². The van der Waals surface area contributed by atoms with Crippen LogP contribution < -0.4 is 4.74 Å². The lowest BCUT2D eigenvalue weighted by Gasteiger charge is -2.41. The summed E-state index contributed by atoms with van der Waals surface area (Å²) in [4.78, 5) is 0. The minimum absolute atomic E-state index is 0.0159. The zero-order valence-electron chi connectivity index (χ0n) is 30.1. The van der Waals surface area contributed by atoms with Crippen LogP contribution >= 0.6 is 0 Å². The largest absolute Gasteiger partial charge is 0.496 e. The van der Waals surface area contributed by atoms with Gasteiger partial charge >= 0.3 is 0 Å². The van der Waals surface area contributed by atoms with E-state index in [1.807, 2.05) is 18.2 Å². The van der Waals surface area contributed by atoms with Crippen molar-refractivity contribution >= 4 is 25.0 Å². The SMILES string of the molecule is C=CCc1c(OC)cccc1C(C#CCCC(CO[Si](C)(C)C(C)(C)C)O[Si](C)(C)C(C)(C)C)O[Si](C)(C)C(C)(C)C. The molecule has 0 spiro atoms. The Hall–Kier alpha value is -1.15. The van der Waals surface area contributed by atoms with Gasteiger partial charge in [0.15, 0.2) is 25.0 Å². The molecule has 2 unspecified atom stereocenters. The molecule has 2 atom stereocenters. The molecule has 4 nitrogen and oxygen atoms in total. The summed E-state index contributed by atoms with van der Waals surface area (Å²) in [6.45, 7) is 39.0. The molecule has 1 rings (SSSR count). The predicted octanol–water partition coefficient (Wildman–Crippen LogP) is 10.7. The van der Waals surface area contributed by atoms with Crippen molar-refractivity contribution in [2.75, 3.05) is 13.7 Å². The summed E-state index contributed by atoms with van der Waals surface area (Å²) in [6, 6.07) is 6.17. The molecular weight excluding hydrogens is 569 g/mol. The second kappa shape index (κ2) is 14.8. The zero-order chi connectivity index (χ0) is 32.8. The number of benzene rings is 1. The zero-order valence-corrected chi connectivity index (χ0v) is 33.1. The van der Waals surface area contributed by atoms with Crippen molar-refractivity contribution in [3.8, 4) is 17.6 Å². The van der Waals surface area contributed by atoms with Crippen molar-refractivity contribution in [1.29, 1.82) is 0 Å². The Balaban J connectivity index is 3.40. The molecular formula is C35H64O4Si3. The molecule has 0 aliphatic carbocycles. The highest BCUT2D eigenvalue weighted by molar-refractivity contribution is 6.75. The molecule has 240 valence electrons. The van der Waals surface area contributed by atoms with E-state index in [-0.39, 0.29) is 27.3 Å². The maximum atomic E-state index is 6.97. The van der Waals surface area contributed by atoms with Crippen LogP contribution in [0.4, 0.5) is 0 Å². The van der Waals surface area contributed by atoms with Crippen LogP contribution in [0.3, 0.4) is 0 Å². The molecule has 0 heterocycles. The summed E-state index contributed by atoms with van der Waals surface area (Å²) in [5.74, 6) is 7.93. The average molecular weight is 633 g/mol. The molecule has 0 radical (unpaired) electrons. The summed E-state index contributed by atoms with van der Waals surface area (Å²) in [5.41, 5.74) is 2.16. The first-order valence-corrected chi connectivity index (χ1v) is 24.4. The van der Waals surface area contributed by atoms with Gasteiger partial charge in [-0.1, -0.05) is 86.4 Å². The monoisotopic (exact) mass is 632 g/mol. The Morgan fingerprint density at radius 3 is 1.81 bits per heavy atom. The smallest absolute Gasteiger partial charge is 0.194 e. The Labute approximate surface area is 263 Å². The molecule has 0 fully saturated rings. The Kier molecular flexibility index (Phi) is 13.7. The lowest BCUT2D eigenvalue weighted by molar-refractivity contribution is 0.102. The molecule has 0 aliphatic heterocycles. The van der Waals surface area contributed by atoms with Crippen molar-refractivity contribution in [3.63, 3.8) is 0 Å². The molecule has 42 heavy (non-hydrogen) atoms. The maximum absolute atomic E-state index is 6.97. The third-order valence-electron chi connectivity index (χ3n) is 9.77. The highest BCUT2D eigenvalue weighted by Gasteiger charge is 2.42. The molecule has 0 aliphatic rings. The van der Waals surface area contributed by atoms with E-state index in [1.54, 1.807) is 7.11 Å². The summed E-state index contributed by atoms with van der Waals surface area (Å²) < 4.78 is 26.3. The van der Waals surface area contributed by atoms with Crippen LogP contribution in [0.25, 0.3) is 0 Å². The van der Waals surface area contributed by atoms with Gasteiger partial charge in [0.2, 0.25) is 0 Å². The van der Waals surface area contributed by atoms with Crippen LogP contribution in [0.2, 0.25) is 54.4 Å². The number of ether oxygens (including phenoxy) is 1. The highest BCUT2D eigenvalue weighted by atomic mass is 28.4. The van der Waals surface area contributed by atoms with E-state index in [0.29, 0.717) is 13.0 Å². The second-order valence-electron chi connectivity index (χ2n) is 16.2. The first kappa shape index (κ1) is 38.9. The van der Waals surface area contributed by atoms with Crippen molar-refractivity contribution in [3.05, 3.63) is 42.0 Å². The van der Waals surface area contributed by atoms with Crippen LogP contribution in [0, 0.1) is 11.8 Å². The summed E-state index contributed by atoms with van der Waals surface area (Å²) in [6.07, 6.45) is 3.85. The molecule has 0 N–H and O–H groups in total. The van der Waals surface area contributed by atoms with E-state index in [1.165, 1.54) is 0 Å². The molecule has 7 heteroatoms. The quantitative estimate of drug-likeness (QED) is 0.123.